The highest BCUT2D eigenvalue weighted by atomic mass is 19.1. The van der Waals surface area contributed by atoms with Gasteiger partial charge in [0.15, 0.2) is 0 Å². The highest BCUT2D eigenvalue weighted by Gasteiger charge is 2.34. The highest BCUT2D eigenvalue weighted by molar-refractivity contribution is 5.27. The van der Waals surface area contributed by atoms with Gasteiger partial charge >= 0.3 is 0 Å². The molecule has 0 unspecified atom stereocenters. The molecule has 0 saturated carbocycles. The predicted octanol–water partition coefficient (Wildman–Crippen LogP) is 3.57. The second-order valence-corrected chi connectivity index (χ2v) is 6.02. The number of hydrogen-bond donors (Lipinski definition) is 1. The van der Waals surface area contributed by atoms with Gasteiger partial charge in [-0.15, -0.1) is 0 Å². The zero-order chi connectivity index (χ0) is 15.4. The van der Waals surface area contributed by atoms with E-state index in [1.54, 1.807) is 12.1 Å². The van der Waals surface area contributed by atoms with Crippen molar-refractivity contribution in [3.05, 3.63) is 59.3 Å². The van der Waals surface area contributed by atoms with Crippen molar-refractivity contribution in [1.29, 1.82) is 0 Å². The lowest BCUT2D eigenvalue weighted by atomic mass is 9.74. The van der Waals surface area contributed by atoms with E-state index in [1.165, 1.54) is 5.56 Å². The molecule has 1 fully saturated rings. The van der Waals surface area contributed by atoms with E-state index >= 15 is 0 Å². The first-order valence-electron chi connectivity index (χ1n) is 7.78. The molecule has 1 aromatic heterocycles. The molecular formula is C18H22FNO2. The van der Waals surface area contributed by atoms with Crippen LogP contribution in [0.4, 0.5) is 4.39 Å². The molecule has 0 aliphatic carbocycles. The minimum atomic E-state index is -0.190. The topological polar surface area (TPSA) is 34.4 Å². The lowest BCUT2D eigenvalue weighted by molar-refractivity contribution is 0.0496. The smallest absolute Gasteiger partial charge is 0.123 e. The summed E-state index contributed by atoms with van der Waals surface area (Å²) in [5.74, 6) is 1.68. The fraction of sp³-hybridized carbons (Fsp3) is 0.444. The van der Waals surface area contributed by atoms with Gasteiger partial charge < -0.3 is 14.5 Å². The SMILES string of the molecule is Cc1ccc(CNCC2(c3ccc(F)cc3)CCOCC2)o1. The Bertz CT molecular complexity index is 600. The van der Waals surface area contributed by atoms with Crippen molar-refractivity contribution in [2.45, 2.75) is 31.7 Å². The first-order chi connectivity index (χ1) is 10.7. The van der Waals surface area contributed by atoms with E-state index in [9.17, 15) is 4.39 Å². The monoisotopic (exact) mass is 303 g/mol. The summed E-state index contributed by atoms with van der Waals surface area (Å²) in [4.78, 5) is 0. The zero-order valence-corrected chi connectivity index (χ0v) is 12.9. The molecule has 1 saturated heterocycles. The van der Waals surface area contributed by atoms with E-state index in [0.29, 0.717) is 6.54 Å². The number of nitrogens with one attached hydrogen (secondary N) is 1. The molecule has 2 aromatic rings. The molecule has 1 aliphatic heterocycles. The quantitative estimate of drug-likeness (QED) is 0.917. The summed E-state index contributed by atoms with van der Waals surface area (Å²) in [6.45, 7) is 4.99. The van der Waals surface area contributed by atoms with Crippen molar-refractivity contribution >= 4 is 0 Å². The fourth-order valence-electron chi connectivity index (χ4n) is 3.14. The van der Waals surface area contributed by atoms with Gasteiger partial charge in [0.05, 0.1) is 6.54 Å². The molecule has 1 aliphatic rings. The van der Waals surface area contributed by atoms with E-state index in [2.05, 4.69) is 5.32 Å². The fourth-order valence-corrected chi connectivity index (χ4v) is 3.14. The van der Waals surface area contributed by atoms with E-state index in [4.69, 9.17) is 9.15 Å². The number of hydrogen-bond acceptors (Lipinski definition) is 3. The Morgan fingerprint density at radius 2 is 1.82 bits per heavy atom. The van der Waals surface area contributed by atoms with E-state index in [1.807, 2.05) is 31.2 Å². The number of rotatable bonds is 5. The minimum absolute atomic E-state index is 0.00753. The van der Waals surface area contributed by atoms with Crippen LogP contribution < -0.4 is 5.32 Å². The third-order valence-corrected chi connectivity index (χ3v) is 4.47. The molecule has 3 nitrogen and oxygen atoms in total. The standard InChI is InChI=1S/C18H22FNO2/c1-14-2-7-17(22-14)12-20-13-18(8-10-21-11-9-18)15-3-5-16(19)6-4-15/h2-7,20H,8-13H2,1H3. The first kappa shape index (κ1) is 15.3. The third-order valence-electron chi connectivity index (χ3n) is 4.47. The van der Waals surface area contributed by atoms with Gasteiger partial charge in [0.2, 0.25) is 0 Å². The molecule has 0 bridgehead atoms. The average Bonchev–Trinajstić information content (AvgIpc) is 2.94. The van der Waals surface area contributed by atoms with Crippen LogP contribution in [-0.4, -0.2) is 19.8 Å². The maximum Gasteiger partial charge on any atom is 0.123 e. The predicted molar refractivity (Wildman–Crippen MR) is 83.3 cm³/mol. The maximum absolute atomic E-state index is 13.2. The average molecular weight is 303 g/mol. The van der Waals surface area contributed by atoms with E-state index in [0.717, 1.165) is 44.1 Å². The molecule has 1 N–H and O–H groups in total. The largest absolute Gasteiger partial charge is 0.465 e. The van der Waals surface area contributed by atoms with Gasteiger partial charge in [-0.1, -0.05) is 12.1 Å². The van der Waals surface area contributed by atoms with Crippen LogP contribution in [0.25, 0.3) is 0 Å². The van der Waals surface area contributed by atoms with E-state index < -0.39 is 0 Å². The Morgan fingerprint density at radius 3 is 2.45 bits per heavy atom. The van der Waals surface area contributed by atoms with Gasteiger partial charge in [-0.3, -0.25) is 0 Å². The van der Waals surface area contributed by atoms with Gasteiger partial charge in [0, 0.05) is 25.2 Å². The van der Waals surface area contributed by atoms with Crippen LogP contribution in [0.2, 0.25) is 0 Å². The third kappa shape index (κ3) is 3.39. The van der Waals surface area contributed by atoms with Gasteiger partial charge in [-0.05, 0) is 49.6 Å². The van der Waals surface area contributed by atoms with Gasteiger partial charge in [-0.2, -0.15) is 0 Å². The summed E-state index contributed by atoms with van der Waals surface area (Å²) < 4.78 is 24.3. The molecule has 4 heteroatoms. The Balaban J connectivity index is 1.70. The summed E-state index contributed by atoms with van der Waals surface area (Å²) in [5.41, 5.74) is 1.19. The molecule has 1 aromatic carbocycles. The molecule has 0 spiro atoms. The Morgan fingerprint density at radius 1 is 1.09 bits per heavy atom. The summed E-state index contributed by atoms with van der Waals surface area (Å²) >= 11 is 0. The number of furan rings is 1. The van der Waals surface area contributed by atoms with Crippen molar-refractivity contribution in [1.82, 2.24) is 5.32 Å². The maximum atomic E-state index is 13.2. The Labute approximate surface area is 130 Å². The van der Waals surface area contributed by atoms with Crippen molar-refractivity contribution < 1.29 is 13.5 Å². The van der Waals surface area contributed by atoms with Crippen LogP contribution in [0.5, 0.6) is 0 Å². The number of halogens is 1. The van der Waals surface area contributed by atoms with Crippen LogP contribution >= 0.6 is 0 Å². The summed E-state index contributed by atoms with van der Waals surface area (Å²) in [7, 11) is 0. The van der Waals surface area contributed by atoms with Crippen LogP contribution in [0.1, 0.15) is 29.9 Å². The van der Waals surface area contributed by atoms with Gasteiger partial charge in [0.1, 0.15) is 17.3 Å². The Hall–Kier alpha value is -1.65. The second-order valence-electron chi connectivity index (χ2n) is 6.02. The molecular weight excluding hydrogens is 281 g/mol. The van der Waals surface area contributed by atoms with Crippen LogP contribution in [-0.2, 0) is 16.7 Å². The molecule has 2 heterocycles. The molecule has 0 amide bonds. The zero-order valence-electron chi connectivity index (χ0n) is 12.9. The molecule has 3 rings (SSSR count). The summed E-state index contributed by atoms with van der Waals surface area (Å²) in [5, 5.41) is 3.50. The first-order valence-corrected chi connectivity index (χ1v) is 7.78. The van der Waals surface area contributed by atoms with Crippen LogP contribution in [0.15, 0.2) is 40.8 Å². The Kier molecular flexibility index (Phi) is 4.60. The second kappa shape index (κ2) is 6.63. The number of aryl methyl sites for hydroxylation is 1. The summed E-state index contributed by atoms with van der Waals surface area (Å²) in [6, 6.07) is 10.9. The van der Waals surface area contributed by atoms with Crippen molar-refractivity contribution in [2.75, 3.05) is 19.8 Å². The lowest BCUT2D eigenvalue weighted by Crippen LogP contribution is -2.42. The lowest BCUT2D eigenvalue weighted by Gasteiger charge is -2.38. The van der Waals surface area contributed by atoms with Crippen molar-refractivity contribution in [2.24, 2.45) is 0 Å². The van der Waals surface area contributed by atoms with Crippen LogP contribution in [0, 0.1) is 12.7 Å². The van der Waals surface area contributed by atoms with Crippen molar-refractivity contribution in [3.8, 4) is 0 Å². The van der Waals surface area contributed by atoms with E-state index in [-0.39, 0.29) is 11.2 Å². The number of benzene rings is 1. The highest BCUT2D eigenvalue weighted by Crippen LogP contribution is 2.34. The molecule has 0 radical (unpaired) electrons. The molecule has 22 heavy (non-hydrogen) atoms. The van der Waals surface area contributed by atoms with Gasteiger partial charge in [-0.25, -0.2) is 4.39 Å². The summed E-state index contributed by atoms with van der Waals surface area (Å²) in [6.07, 6.45) is 1.89. The normalized spacial score (nSPS) is 17.5. The molecule has 118 valence electrons. The number of ether oxygens (including phenoxy) is 1. The minimum Gasteiger partial charge on any atom is -0.465 e. The molecule has 0 atom stereocenters. The van der Waals surface area contributed by atoms with Crippen LogP contribution in [0.3, 0.4) is 0 Å². The van der Waals surface area contributed by atoms with Gasteiger partial charge in [0.25, 0.3) is 0 Å². The van der Waals surface area contributed by atoms with Crippen molar-refractivity contribution in [3.63, 3.8) is 0 Å².